The average molecular weight is 503 g/mol. The fourth-order valence-corrected chi connectivity index (χ4v) is 5.25. The first-order valence-corrected chi connectivity index (χ1v) is 12.4. The second kappa shape index (κ2) is 8.82. The second-order valence-corrected chi connectivity index (χ2v) is 10.1. The molecule has 3 N–H and O–H groups in total. The summed E-state index contributed by atoms with van der Waals surface area (Å²) in [6, 6.07) is 9.79. The number of hydrogen-bond donors (Lipinski definition) is 3. The van der Waals surface area contributed by atoms with Gasteiger partial charge in [-0.2, -0.15) is 5.10 Å². The Bertz CT molecular complexity index is 1450. The van der Waals surface area contributed by atoms with Crippen molar-refractivity contribution in [1.29, 1.82) is 0 Å². The van der Waals surface area contributed by atoms with Gasteiger partial charge in [-0.15, -0.1) is 0 Å². The van der Waals surface area contributed by atoms with E-state index in [4.69, 9.17) is 16.6 Å². The van der Waals surface area contributed by atoms with Crippen LogP contribution < -0.4 is 9.62 Å². The van der Waals surface area contributed by atoms with Gasteiger partial charge >= 0.3 is 0 Å². The Morgan fingerprint density at radius 3 is 2.59 bits per heavy atom. The van der Waals surface area contributed by atoms with E-state index < -0.39 is 20.7 Å². The van der Waals surface area contributed by atoms with Crippen molar-refractivity contribution in [1.82, 2.24) is 20.2 Å². The lowest BCUT2D eigenvalue weighted by atomic mass is 10.1. The molecule has 2 aromatic carbocycles. The molecule has 0 radical (unpaired) electrons. The SMILES string of the molecule is O=S(=O)(Nc1ccc(-c2nc(N3CCC(O)CC3)c3cn[nH]c3n2)cc1)c1cc(Cl)ccc1F. The smallest absolute Gasteiger partial charge is 0.264 e. The number of rotatable bonds is 5. The first kappa shape index (κ1) is 22.5. The molecule has 176 valence electrons. The largest absolute Gasteiger partial charge is 0.393 e. The van der Waals surface area contributed by atoms with Crippen LogP contribution in [0.15, 0.2) is 53.6 Å². The van der Waals surface area contributed by atoms with Gasteiger partial charge in [-0.25, -0.2) is 22.8 Å². The van der Waals surface area contributed by atoms with Gasteiger partial charge in [-0.05, 0) is 55.3 Å². The Hall–Kier alpha value is -3.28. The molecule has 0 aliphatic carbocycles. The molecule has 1 fully saturated rings. The normalized spacial score (nSPS) is 15.1. The van der Waals surface area contributed by atoms with Crippen LogP contribution in [0.5, 0.6) is 0 Å². The van der Waals surface area contributed by atoms with Gasteiger partial charge < -0.3 is 10.0 Å². The van der Waals surface area contributed by atoms with Crippen LogP contribution in [0, 0.1) is 5.82 Å². The number of fused-ring (bicyclic) bond motifs is 1. The Morgan fingerprint density at radius 2 is 1.85 bits per heavy atom. The van der Waals surface area contributed by atoms with Crippen molar-refractivity contribution >= 4 is 44.2 Å². The molecule has 3 heterocycles. The first-order chi connectivity index (χ1) is 16.3. The number of hydrogen-bond acceptors (Lipinski definition) is 7. The number of aliphatic hydroxyl groups excluding tert-OH is 1. The molecule has 1 saturated heterocycles. The van der Waals surface area contributed by atoms with Crippen molar-refractivity contribution in [2.75, 3.05) is 22.7 Å². The minimum atomic E-state index is -4.17. The highest BCUT2D eigenvalue weighted by Gasteiger charge is 2.23. The number of H-pyrrole nitrogens is 1. The van der Waals surface area contributed by atoms with Crippen LogP contribution in [0.2, 0.25) is 5.02 Å². The van der Waals surface area contributed by atoms with Crippen molar-refractivity contribution in [2.45, 2.75) is 23.8 Å². The van der Waals surface area contributed by atoms with Crippen LogP contribution in [0.4, 0.5) is 15.9 Å². The van der Waals surface area contributed by atoms with Crippen LogP contribution >= 0.6 is 11.6 Å². The van der Waals surface area contributed by atoms with E-state index in [2.05, 4.69) is 24.8 Å². The molecule has 1 aliphatic rings. The van der Waals surface area contributed by atoms with Gasteiger partial charge in [0.2, 0.25) is 0 Å². The maximum Gasteiger partial charge on any atom is 0.264 e. The second-order valence-electron chi connectivity index (χ2n) is 7.98. The molecule has 34 heavy (non-hydrogen) atoms. The van der Waals surface area contributed by atoms with Gasteiger partial charge in [0.25, 0.3) is 10.0 Å². The molecule has 0 atom stereocenters. The van der Waals surface area contributed by atoms with Gasteiger partial charge in [0.1, 0.15) is 16.5 Å². The molecule has 0 saturated carbocycles. The monoisotopic (exact) mass is 502 g/mol. The van der Waals surface area contributed by atoms with Crippen LogP contribution in [-0.2, 0) is 10.0 Å². The zero-order chi connectivity index (χ0) is 23.9. The third-order valence-corrected chi connectivity index (χ3v) is 7.26. The zero-order valence-electron chi connectivity index (χ0n) is 17.7. The summed E-state index contributed by atoms with van der Waals surface area (Å²) in [7, 11) is -4.17. The van der Waals surface area contributed by atoms with E-state index in [9.17, 15) is 17.9 Å². The van der Waals surface area contributed by atoms with Crippen LogP contribution in [0.3, 0.4) is 0 Å². The summed E-state index contributed by atoms with van der Waals surface area (Å²) >= 11 is 5.83. The maximum atomic E-state index is 14.0. The van der Waals surface area contributed by atoms with E-state index in [0.29, 0.717) is 43.0 Å². The predicted octanol–water partition coefficient (Wildman–Crippen LogP) is 3.57. The third-order valence-electron chi connectivity index (χ3n) is 5.63. The molecule has 9 nitrogen and oxygen atoms in total. The van der Waals surface area contributed by atoms with Gasteiger partial charge in [-0.3, -0.25) is 9.82 Å². The number of nitrogens with zero attached hydrogens (tertiary/aromatic N) is 4. The van der Waals surface area contributed by atoms with E-state index in [-0.39, 0.29) is 16.8 Å². The minimum Gasteiger partial charge on any atom is -0.393 e. The van der Waals surface area contributed by atoms with Crippen molar-refractivity contribution in [3.05, 3.63) is 59.5 Å². The van der Waals surface area contributed by atoms with E-state index in [1.165, 1.54) is 6.07 Å². The number of sulfonamides is 1. The number of aliphatic hydroxyl groups is 1. The summed E-state index contributed by atoms with van der Waals surface area (Å²) in [6.45, 7) is 1.33. The number of nitrogens with one attached hydrogen (secondary N) is 2. The van der Waals surface area contributed by atoms with Gasteiger partial charge in [0.15, 0.2) is 11.5 Å². The first-order valence-electron chi connectivity index (χ1n) is 10.5. The Kier molecular flexibility index (Phi) is 5.84. The summed E-state index contributed by atoms with van der Waals surface area (Å²) < 4.78 is 41.6. The summed E-state index contributed by atoms with van der Waals surface area (Å²) in [4.78, 5) is 10.8. The Balaban J connectivity index is 1.43. The quantitative estimate of drug-likeness (QED) is 0.381. The molecular formula is C22H20ClFN6O3S. The number of piperidine rings is 1. The summed E-state index contributed by atoms with van der Waals surface area (Å²) in [6.07, 6.45) is 2.67. The van der Waals surface area contributed by atoms with Crippen LogP contribution in [0.1, 0.15) is 12.8 Å². The molecule has 0 spiro atoms. The van der Waals surface area contributed by atoms with E-state index in [0.717, 1.165) is 23.3 Å². The molecule has 0 bridgehead atoms. The van der Waals surface area contributed by atoms with E-state index in [1.54, 1.807) is 30.5 Å². The molecule has 1 aliphatic heterocycles. The lowest BCUT2D eigenvalue weighted by Gasteiger charge is -2.30. The summed E-state index contributed by atoms with van der Waals surface area (Å²) in [5.41, 5.74) is 1.48. The Morgan fingerprint density at radius 1 is 1.12 bits per heavy atom. The number of benzene rings is 2. The highest BCUT2D eigenvalue weighted by molar-refractivity contribution is 7.92. The van der Waals surface area contributed by atoms with Crippen molar-refractivity contribution in [2.24, 2.45) is 0 Å². The number of aromatic nitrogens is 4. The molecule has 0 unspecified atom stereocenters. The van der Waals surface area contributed by atoms with Crippen LogP contribution in [-0.4, -0.2) is 52.9 Å². The number of halogens is 2. The minimum absolute atomic E-state index is 0.113. The number of anilines is 2. The van der Waals surface area contributed by atoms with Gasteiger partial charge in [0.05, 0.1) is 17.7 Å². The lowest BCUT2D eigenvalue weighted by Crippen LogP contribution is -2.36. The lowest BCUT2D eigenvalue weighted by molar-refractivity contribution is 0.145. The van der Waals surface area contributed by atoms with E-state index >= 15 is 0 Å². The average Bonchev–Trinajstić information content (AvgIpc) is 3.30. The topological polar surface area (TPSA) is 124 Å². The molecule has 4 aromatic rings. The van der Waals surface area contributed by atoms with Gasteiger partial charge in [0, 0.05) is 29.4 Å². The van der Waals surface area contributed by atoms with Crippen molar-refractivity contribution in [3.63, 3.8) is 0 Å². The maximum absolute atomic E-state index is 14.0. The van der Waals surface area contributed by atoms with E-state index in [1.807, 2.05) is 0 Å². The molecule has 0 amide bonds. The highest BCUT2D eigenvalue weighted by atomic mass is 35.5. The predicted molar refractivity (Wildman–Crippen MR) is 127 cm³/mol. The summed E-state index contributed by atoms with van der Waals surface area (Å²) in [5, 5.41) is 17.7. The van der Waals surface area contributed by atoms with Crippen LogP contribution in [0.25, 0.3) is 22.4 Å². The molecular weight excluding hydrogens is 483 g/mol. The molecule has 2 aromatic heterocycles. The number of aromatic amines is 1. The van der Waals surface area contributed by atoms with Crippen molar-refractivity contribution in [3.8, 4) is 11.4 Å². The molecule has 5 rings (SSSR count). The Labute approximate surface area is 199 Å². The zero-order valence-corrected chi connectivity index (χ0v) is 19.3. The summed E-state index contributed by atoms with van der Waals surface area (Å²) in [5.74, 6) is 0.266. The van der Waals surface area contributed by atoms with Gasteiger partial charge in [-0.1, -0.05) is 11.6 Å². The third kappa shape index (κ3) is 4.41. The fraction of sp³-hybridized carbons (Fsp3) is 0.227. The highest BCUT2D eigenvalue weighted by Crippen LogP contribution is 2.29. The molecule has 12 heteroatoms. The standard InChI is InChI=1S/C22H20ClFN6O3S/c23-14-3-6-18(24)19(11-14)34(32,33)29-15-4-1-13(2-5-15)20-26-21-17(12-25-28-21)22(27-20)30-9-7-16(31)8-10-30/h1-6,11-12,16,29,31H,7-10H2,(H,25,26,27,28). The van der Waals surface area contributed by atoms with Crippen molar-refractivity contribution < 1.29 is 17.9 Å². The fourth-order valence-electron chi connectivity index (χ4n) is 3.85.